The van der Waals surface area contributed by atoms with E-state index in [2.05, 4.69) is 6.58 Å². The predicted molar refractivity (Wildman–Crippen MR) is 88.2 cm³/mol. The molecule has 0 saturated heterocycles. The van der Waals surface area contributed by atoms with Gasteiger partial charge in [-0.1, -0.05) is 24.8 Å². The van der Waals surface area contributed by atoms with Gasteiger partial charge < -0.3 is 18.9 Å². The van der Waals surface area contributed by atoms with Crippen LogP contribution < -0.4 is 0 Å². The highest BCUT2D eigenvalue weighted by Gasteiger charge is 2.13. The smallest absolute Gasteiger partial charge is 0.297 e. The molecule has 0 saturated carbocycles. The van der Waals surface area contributed by atoms with Crippen molar-refractivity contribution in [2.45, 2.75) is 4.90 Å². The lowest BCUT2D eigenvalue weighted by atomic mass is 10.4. The number of rotatable bonds is 15. The first-order valence-electron chi connectivity index (χ1n) is 7.57. The van der Waals surface area contributed by atoms with Crippen molar-refractivity contribution in [2.75, 3.05) is 52.9 Å². The van der Waals surface area contributed by atoms with Gasteiger partial charge in [-0.3, -0.25) is 4.18 Å². The van der Waals surface area contributed by atoms with Crippen LogP contribution in [0.3, 0.4) is 0 Å². The lowest BCUT2D eigenvalue weighted by Crippen LogP contribution is -2.14. The molecule has 0 aliphatic carbocycles. The van der Waals surface area contributed by atoms with E-state index >= 15 is 0 Å². The molecule has 0 bridgehead atoms. The molecule has 0 unspecified atom stereocenters. The van der Waals surface area contributed by atoms with Crippen LogP contribution in [0.1, 0.15) is 0 Å². The fraction of sp³-hybridized carbons (Fsp3) is 0.500. The quantitative estimate of drug-likeness (QED) is 0.267. The molecule has 7 nitrogen and oxygen atoms in total. The maximum absolute atomic E-state index is 11.8. The summed E-state index contributed by atoms with van der Waals surface area (Å²) in [5.74, 6) is 0. The third-order valence-electron chi connectivity index (χ3n) is 2.71. The van der Waals surface area contributed by atoms with Crippen molar-refractivity contribution in [3.63, 3.8) is 0 Å². The van der Waals surface area contributed by atoms with Gasteiger partial charge in [-0.2, -0.15) is 8.42 Å². The van der Waals surface area contributed by atoms with Crippen LogP contribution in [-0.4, -0.2) is 61.3 Å². The topological polar surface area (TPSA) is 80.3 Å². The molecular weight excluding hydrogens is 336 g/mol. The third kappa shape index (κ3) is 9.64. The predicted octanol–water partition coefficient (Wildman–Crippen LogP) is 1.60. The molecule has 0 aliphatic heterocycles. The molecule has 0 radical (unpaired) electrons. The van der Waals surface area contributed by atoms with E-state index in [-0.39, 0.29) is 18.1 Å². The molecule has 1 aromatic carbocycles. The monoisotopic (exact) mass is 360 g/mol. The zero-order chi connectivity index (χ0) is 17.5. The highest BCUT2D eigenvalue weighted by atomic mass is 32.2. The highest BCUT2D eigenvalue weighted by molar-refractivity contribution is 7.86. The van der Waals surface area contributed by atoms with Gasteiger partial charge in [-0.05, 0) is 12.1 Å². The van der Waals surface area contributed by atoms with Crippen molar-refractivity contribution in [3.05, 3.63) is 43.2 Å². The Labute approximate surface area is 143 Å². The first-order valence-corrected chi connectivity index (χ1v) is 8.98. The summed E-state index contributed by atoms with van der Waals surface area (Å²) in [5, 5.41) is 0. The molecule has 1 aromatic rings. The van der Waals surface area contributed by atoms with Gasteiger partial charge in [0.15, 0.2) is 0 Å². The lowest BCUT2D eigenvalue weighted by molar-refractivity contribution is 0.00291. The third-order valence-corrected chi connectivity index (χ3v) is 4.03. The molecule has 1 rings (SSSR count). The molecule has 0 heterocycles. The van der Waals surface area contributed by atoms with Crippen molar-refractivity contribution in [1.82, 2.24) is 0 Å². The summed E-state index contributed by atoms with van der Waals surface area (Å²) in [6.07, 6.45) is 1.37. The van der Waals surface area contributed by atoms with E-state index in [4.69, 9.17) is 23.1 Å². The normalized spacial score (nSPS) is 11.3. The fourth-order valence-electron chi connectivity index (χ4n) is 1.59. The standard InChI is InChI=1S/C16H24O7S/c1-2-19-8-9-20-10-11-21-12-13-22-14-15-23-24(17,18)16-6-4-3-5-7-16/h2-7H,1,8-15H2. The minimum absolute atomic E-state index is 0.0381. The Morgan fingerprint density at radius 2 is 1.29 bits per heavy atom. The van der Waals surface area contributed by atoms with Crippen LogP contribution >= 0.6 is 0 Å². The molecule has 136 valence electrons. The maximum atomic E-state index is 11.8. The number of hydrogen-bond donors (Lipinski definition) is 0. The van der Waals surface area contributed by atoms with Crippen molar-refractivity contribution >= 4 is 10.1 Å². The molecule has 0 fully saturated rings. The van der Waals surface area contributed by atoms with E-state index in [1.807, 2.05) is 0 Å². The van der Waals surface area contributed by atoms with Crippen LogP contribution in [0.25, 0.3) is 0 Å². The van der Waals surface area contributed by atoms with Gasteiger partial charge in [-0.15, -0.1) is 0 Å². The number of hydrogen-bond acceptors (Lipinski definition) is 7. The molecule has 0 aromatic heterocycles. The van der Waals surface area contributed by atoms with Crippen LogP contribution in [0.2, 0.25) is 0 Å². The number of benzene rings is 1. The van der Waals surface area contributed by atoms with E-state index in [1.165, 1.54) is 18.4 Å². The average Bonchev–Trinajstić information content (AvgIpc) is 2.60. The van der Waals surface area contributed by atoms with E-state index in [9.17, 15) is 8.42 Å². The Balaban J connectivity index is 1.93. The number of ether oxygens (including phenoxy) is 4. The van der Waals surface area contributed by atoms with Crippen molar-refractivity contribution in [3.8, 4) is 0 Å². The Morgan fingerprint density at radius 1 is 0.792 bits per heavy atom. The van der Waals surface area contributed by atoms with Gasteiger partial charge >= 0.3 is 0 Å². The van der Waals surface area contributed by atoms with Gasteiger partial charge in [0.1, 0.15) is 6.61 Å². The van der Waals surface area contributed by atoms with E-state index in [1.54, 1.807) is 18.2 Å². The van der Waals surface area contributed by atoms with Crippen molar-refractivity contribution in [2.24, 2.45) is 0 Å². The zero-order valence-corrected chi connectivity index (χ0v) is 14.4. The molecule has 0 amide bonds. The van der Waals surface area contributed by atoms with Crippen LogP contribution in [0.5, 0.6) is 0 Å². The van der Waals surface area contributed by atoms with Gasteiger partial charge in [0, 0.05) is 0 Å². The first-order chi connectivity index (χ1) is 11.7. The SMILES string of the molecule is C=COCCOCCOCCOCCOS(=O)(=O)c1ccccc1. The summed E-state index contributed by atoms with van der Waals surface area (Å²) in [5.41, 5.74) is 0. The Bertz CT molecular complexity index is 531. The summed E-state index contributed by atoms with van der Waals surface area (Å²) < 4.78 is 49.1. The van der Waals surface area contributed by atoms with Crippen LogP contribution in [-0.2, 0) is 33.2 Å². The molecule has 0 N–H and O–H groups in total. The largest absolute Gasteiger partial charge is 0.499 e. The van der Waals surface area contributed by atoms with Crippen molar-refractivity contribution < 1.29 is 31.5 Å². The summed E-state index contributed by atoms with van der Waals surface area (Å²) >= 11 is 0. The van der Waals surface area contributed by atoms with Gasteiger partial charge in [0.2, 0.25) is 0 Å². The minimum atomic E-state index is -3.72. The minimum Gasteiger partial charge on any atom is -0.499 e. The second-order valence-electron chi connectivity index (χ2n) is 4.46. The van der Waals surface area contributed by atoms with E-state index in [0.29, 0.717) is 39.6 Å². The van der Waals surface area contributed by atoms with E-state index in [0.717, 1.165) is 0 Å². The van der Waals surface area contributed by atoms with Gasteiger partial charge in [0.25, 0.3) is 10.1 Å². The highest BCUT2D eigenvalue weighted by Crippen LogP contribution is 2.10. The summed E-state index contributed by atoms with van der Waals surface area (Å²) in [7, 11) is -3.72. The Morgan fingerprint density at radius 3 is 1.83 bits per heavy atom. The van der Waals surface area contributed by atoms with Gasteiger partial charge in [-0.25, -0.2) is 0 Å². The van der Waals surface area contributed by atoms with Crippen molar-refractivity contribution in [1.29, 1.82) is 0 Å². The maximum Gasteiger partial charge on any atom is 0.297 e. The summed E-state index contributed by atoms with van der Waals surface area (Å²) in [6.45, 7) is 6.19. The van der Waals surface area contributed by atoms with E-state index < -0.39 is 10.1 Å². The van der Waals surface area contributed by atoms with Crippen LogP contribution in [0.15, 0.2) is 48.1 Å². The molecular formula is C16H24O7S. The fourth-order valence-corrected chi connectivity index (χ4v) is 2.50. The summed E-state index contributed by atoms with van der Waals surface area (Å²) in [6, 6.07) is 7.98. The second-order valence-corrected chi connectivity index (χ2v) is 6.08. The molecule has 0 atom stereocenters. The van der Waals surface area contributed by atoms with Crippen LogP contribution in [0.4, 0.5) is 0 Å². The Hall–Kier alpha value is -1.45. The Kier molecular flexibility index (Phi) is 11.1. The van der Waals surface area contributed by atoms with Gasteiger partial charge in [0.05, 0.1) is 57.4 Å². The van der Waals surface area contributed by atoms with Crippen LogP contribution in [0, 0.1) is 0 Å². The lowest BCUT2D eigenvalue weighted by Gasteiger charge is -2.08. The molecule has 0 aliphatic rings. The molecule has 0 spiro atoms. The second kappa shape index (κ2) is 12.9. The molecule has 24 heavy (non-hydrogen) atoms. The summed E-state index contributed by atoms with van der Waals surface area (Å²) in [4.78, 5) is 0.131. The molecule has 8 heteroatoms. The first kappa shape index (κ1) is 20.6. The zero-order valence-electron chi connectivity index (χ0n) is 13.6. The average molecular weight is 360 g/mol.